The fourth-order valence-electron chi connectivity index (χ4n) is 2.81. The molecule has 1 fully saturated rings. The molecular weight excluding hydrogens is 307 g/mol. The number of rotatable bonds is 6. The summed E-state index contributed by atoms with van der Waals surface area (Å²) in [5.74, 6) is 1.08. The zero-order valence-corrected chi connectivity index (χ0v) is 13.4. The fourth-order valence-corrected chi connectivity index (χ4v) is 2.81. The van der Waals surface area contributed by atoms with Gasteiger partial charge in [0, 0.05) is 12.5 Å². The monoisotopic (exact) mass is 328 g/mol. The number of hydrogen-bond acceptors (Lipinski definition) is 3. The predicted octanol–water partition coefficient (Wildman–Crippen LogP) is 3.95. The highest BCUT2D eigenvalue weighted by molar-refractivity contribution is 5.92. The van der Waals surface area contributed by atoms with Crippen molar-refractivity contribution in [2.45, 2.75) is 19.3 Å². The van der Waals surface area contributed by atoms with Crippen molar-refractivity contribution in [3.63, 3.8) is 0 Å². The number of carbonyl (C=O) groups excluding carboxylic acids is 1. The maximum absolute atomic E-state index is 13.6. The molecule has 126 valence electrons. The minimum atomic E-state index is -0.411. The maximum Gasteiger partial charge on any atom is 0.224 e. The molecule has 2 N–H and O–H groups in total. The molecule has 5 heteroatoms. The van der Waals surface area contributed by atoms with E-state index >= 15 is 0 Å². The van der Waals surface area contributed by atoms with E-state index in [4.69, 9.17) is 4.74 Å². The third kappa shape index (κ3) is 4.55. The summed E-state index contributed by atoms with van der Waals surface area (Å²) in [7, 11) is 0. The van der Waals surface area contributed by atoms with Crippen molar-refractivity contribution in [1.82, 2.24) is 5.32 Å². The number of para-hydroxylation sites is 1. The smallest absolute Gasteiger partial charge is 0.224 e. The zero-order chi connectivity index (χ0) is 16.8. The van der Waals surface area contributed by atoms with Gasteiger partial charge in [0.15, 0.2) is 5.75 Å². The maximum atomic E-state index is 13.6. The standard InChI is InChI=1S/C19H21FN2O2/c20-15-7-8-18(24-16-4-2-1-3-5-16)17(12-15)22-19(23)9-6-14-10-11-21-13-14/h1-5,7-8,12,14,21H,6,9-11,13H2,(H,22,23). The molecule has 0 aliphatic carbocycles. The van der Waals surface area contributed by atoms with Gasteiger partial charge in [-0.15, -0.1) is 0 Å². The Kier molecular flexibility index (Phi) is 5.43. The molecule has 4 nitrogen and oxygen atoms in total. The number of nitrogens with one attached hydrogen (secondary N) is 2. The summed E-state index contributed by atoms with van der Waals surface area (Å²) in [5.41, 5.74) is 0.355. The average Bonchev–Trinajstić information content (AvgIpc) is 3.10. The molecule has 1 saturated heterocycles. The molecule has 2 aromatic carbocycles. The van der Waals surface area contributed by atoms with Gasteiger partial charge in [0.1, 0.15) is 11.6 Å². The van der Waals surface area contributed by atoms with Gasteiger partial charge in [0.05, 0.1) is 5.69 Å². The number of anilines is 1. The highest BCUT2D eigenvalue weighted by Gasteiger charge is 2.16. The van der Waals surface area contributed by atoms with Crippen LogP contribution in [0.5, 0.6) is 11.5 Å². The molecule has 1 heterocycles. The molecular formula is C19H21FN2O2. The minimum absolute atomic E-state index is 0.120. The van der Waals surface area contributed by atoms with Crippen LogP contribution in [-0.2, 0) is 4.79 Å². The van der Waals surface area contributed by atoms with Gasteiger partial charge in [0.25, 0.3) is 0 Å². The number of hydrogen-bond donors (Lipinski definition) is 2. The SMILES string of the molecule is O=C(CCC1CCNC1)Nc1cc(F)ccc1Oc1ccccc1. The average molecular weight is 328 g/mol. The van der Waals surface area contributed by atoms with Crippen LogP contribution in [-0.4, -0.2) is 19.0 Å². The summed E-state index contributed by atoms with van der Waals surface area (Å²) >= 11 is 0. The number of halogens is 1. The molecule has 0 saturated carbocycles. The Morgan fingerprint density at radius 1 is 1.25 bits per heavy atom. The molecule has 24 heavy (non-hydrogen) atoms. The second kappa shape index (κ2) is 7.93. The van der Waals surface area contributed by atoms with Crippen molar-refractivity contribution in [1.29, 1.82) is 0 Å². The Bertz CT molecular complexity index is 685. The van der Waals surface area contributed by atoms with Crippen molar-refractivity contribution in [3.05, 3.63) is 54.3 Å². The van der Waals surface area contributed by atoms with Crippen LogP contribution in [0.4, 0.5) is 10.1 Å². The summed E-state index contributed by atoms with van der Waals surface area (Å²) in [6, 6.07) is 13.3. The molecule has 1 unspecified atom stereocenters. The van der Waals surface area contributed by atoms with Crippen LogP contribution < -0.4 is 15.4 Å². The van der Waals surface area contributed by atoms with Crippen LogP contribution in [0.2, 0.25) is 0 Å². The normalized spacial score (nSPS) is 16.8. The molecule has 1 atom stereocenters. The van der Waals surface area contributed by atoms with E-state index in [2.05, 4.69) is 10.6 Å². The van der Waals surface area contributed by atoms with E-state index in [9.17, 15) is 9.18 Å². The summed E-state index contributed by atoms with van der Waals surface area (Å²) < 4.78 is 19.3. The topological polar surface area (TPSA) is 50.4 Å². The van der Waals surface area contributed by atoms with E-state index < -0.39 is 5.82 Å². The molecule has 3 rings (SSSR count). The highest BCUT2D eigenvalue weighted by Crippen LogP contribution is 2.30. The van der Waals surface area contributed by atoms with Gasteiger partial charge >= 0.3 is 0 Å². The van der Waals surface area contributed by atoms with Crippen molar-refractivity contribution in [3.8, 4) is 11.5 Å². The van der Waals surface area contributed by atoms with Gasteiger partial charge in [-0.2, -0.15) is 0 Å². The molecule has 1 aliphatic rings. The number of carbonyl (C=O) groups is 1. The predicted molar refractivity (Wildman–Crippen MR) is 91.8 cm³/mol. The summed E-state index contributed by atoms with van der Waals surface area (Å²) in [5, 5.41) is 6.06. The number of ether oxygens (including phenoxy) is 1. The lowest BCUT2D eigenvalue weighted by Crippen LogP contribution is -2.15. The minimum Gasteiger partial charge on any atom is -0.455 e. The molecule has 1 amide bonds. The Labute approximate surface area is 141 Å². The highest BCUT2D eigenvalue weighted by atomic mass is 19.1. The number of amides is 1. The summed E-state index contributed by atoms with van der Waals surface area (Å²) in [6.07, 6.45) is 2.37. The van der Waals surface area contributed by atoms with E-state index in [-0.39, 0.29) is 5.91 Å². The Balaban J connectivity index is 1.64. The number of benzene rings is 2. The van der Waals surface area contributed by atoms with Crippen molar-refractivity contribution in [2.24, 2.45) is 5.92 Å². The molecule has 0 radical (unpaired) electrons. The van der Waals surface area contributed by atoms with E-state index in [1.54, 1.807) is 0 Å². The largest absolute Gasteiger partial charge is 0.455 e. The molecule has 0 bridgehead atoms. The van der Waals surface area contributed by atoms with Gasteiger partial charge in [-0.05, 0) is 56.1 Å². The molecule has 1 aliphatic heterocycles. The summed E-state index contributed by atoms with van der Waals surface area (Å²) in [6.45, 7) is 1.99. The van der Waals surface area contributed by atoms with E-state index in [1.165, 1.54) is 18.2 Å². The van der Waals surface area contributed by atoms with Crippen LogP contribution in [0.3, 0.4) is 0 Å². The molecule has 0 aromatic heterocycles. The molecule has 2 aromatic rings. The van der Waals surface area contributed by atoms with Crippen molar-refractivity contribution >= 4 is 11.6 Å². The zero-order valence-electron chi connectivity index (χ0n) is 13.4. The lowest BCUT2D eigenvalue weighted by molar-refractivity contribution is -0.116. The Morgan fingerprint density at radius 3 is 2.83 bits per heavy atom. The first-order chi connectivity index (χ1) is 11.7. The van der Waals surface area contributed by atoms with Crippen molar-refractivity contribution in [2.75, 3.05) is 18.4 Å². The lowest BCUT2D eigenvalue weighted by atomic mass is 10.0. The van der Waals surface area contributed by atoms with E-state index in [0.717, 1.165) is 25.9 Å². The van der Waals surface area contributed by atoms with Crippen LogP contribution in [0.25, 0.3) is 0 Å². The first-order valence-electron chi connectivity index (χ1n) is 8.24. The fraction of sp³-hybridized carbons (Fsp3) is 0.316. The van der Waals surface area contributed by atoms with Gasteiger partial charge < -0.3 is 15.4 Å². The van der Waals surface area contributed by atoms with Crippen LogP contribution in [0, 0.1) is 11.7 Å². The van der Waals surface area contributed by atoms with Gasteiger partial charge in [-0.3, -0.25) is 4.79 Å². The third-order valence-corrected chi connectivity index (χ3v) is 4.13. The van der Waals surface area contributed by atoms with Crippen LogP contribution in [0.15, 0.2) is 48.5 Å². The second-order valence-corrected chi connectivity index (χ2v) is 6.00. The Hall–Kier alpha value is -2.40. The van der Waals surface area contributed by atoms with Crippen molar-refractivity contribution < 1.29 is 13.9 Å². The first kappa shape index (κ1) is 16.5. The Morgan fingerprint density at radius 2 is 2.08 bits per heavy atom. The third-order valence-electron chi connectivity index (χ3n) is 4.13. The summed E-state index contributed by atoms with van der Waals surface area (Å²) in [4.78, 5) is 12.2. The van der Waals surface area contributed by atoms with E-state index in [1.807, 2.05) is 30.3 Å². The quantitative estimate of drug-likeness (QED) is 0.844. The lowest BCUT2D eigenvalue weighted by Gasteiger charge is -2.13. The van der Waals surface area contributed by atoms with Crippen LogP contribution in [0.1, 0.15) is 19.3 Å². The van der Waals surface area contributed by atoms with Gasteiger partial charge in [0.2, 0.25) is 5.91 Å². The van der Waals surface area contributed by atoms with E-state index in [0.29, 0.717) is 29.5 Å². The van der Waals surface area contributed by atoms with Crippen LogP contribution >= 0.6 is 0 Å². The first-order valence-corrected chi connectivity index (χ1v) is 8.24. The second-order valence-electron chi connectivity index (χ2n) is 6.00. The van der Waals surface area contributed by atoms with Gasteiger partial charge in [-0.25, -0.2) is 4.39 Å². The van der Waals surface area contributed by atoms with Gasteiger partial charge in [-0.1, -0.05) is 18.2 Å². The molecule has 0 spiro atoms.